The molecule has 3 aromatic carbocycles. The maximum Gasteiger partial charge on any atom is -1.00 e. The Labute approximate surface area is 288 Å². The molecule has 0 aliphatic heterocycles. The Morgan fingerprint density at radius 1 is 0.750 bits per heavy atom. The Balaban J connectivity index is 0.00000264. The van der Waals surface area contributed by atoms with E-state index >= 15 is 0 Å². The van der Waals surface area contributed by atoms with E-state index in [-0.39, 0.29) is 41.1 Å². The van der Waals surface area contributed by atoms with E-state index in [0.717, 1.165) is 12.8 Å². The molecule has 1 unspecified atom stereocenters. The summed E-state index contributed by atoms with van der Waals surface area (Å²) in [4.78, 5) is 0. The second kappa shape index (κ2) is 13.3. The van der Waals surface area contributed by atoms with Crippen molar-refractivity contribution in [3.05, 3.63) is 109 Å². The van der Waals surface area contributed by atoms with Crippen LogP contribution in [-0.4, -0.2) is 3.21 Å². The summed E-state index contributed by atoms with van der Waals surface area (Å²) in [7, 11) is 0. The van der Waals surface area contributed by atoms with Gasteiger partial charge >= 0.3 is 266 Å². The molecule has 0 fully saturated rings. The van der Waals surface area contributed by atoms with Crippen molar-refractivity contribution in [2.75, 3.05) is 0 Å². The first-order chi connectivity index (χ1) is 19.5. The summed E-state index contributed by atoms with van der Waals surface area (Å²) >= 11 is -2.63. The van der Waals surface area contributed by atoms with E-state index in [1.54, 1.807) is 23.2 Å². The van der Waals surface area contributed by atoms with E-state index in [2.05, 4.69) is 150 Å². The van der Waals surface area contributed by atoms with Crippen molar-refractivity contribution in [2.45, 2.75) is 107 Å². The van der Waals surface area contributed by atoms with Gasteiger partial charge in [0.2, 0.25) is 0 Å². The van der Waals surface area contributed by atoms with Gasteiger partial charge in [0, 0.05) is 0 Å². The number of hydrogen-bond donors (Lipinski definition) is 0. The Morgan fingerprint density at radius 3 is 1.89 bits per heavy atom. The zero-order valence-electron chi connectivity index (χ0n) is 29.1. The average Bonchev–Trinajstić information content (AvgIpc) is 3.45. The van der Waals surface area contributed by atoms with Gasteiger partial charge in [0.05, 0.1) is 0 Å². The number of benzene rings is 3. The van der Waals surface area contributed by atoms with Crippen molar-refractivity contribution < 1.29 is 46.1 Å². The molecule has 234 valence electrons. The van der Waals surface area contributed by atoms with E-state index in [0.29, 0.717) is 5.92 Å². The monoisotopic (exact) mass is 704 g/mol. The Bertz CT molecular complexity index is 1630. The van der Waals surface area contributed by atoms with Gasteiger partial charge in [-0.25, -0.2) is 0 Å². The molecule has 0 heterocycles. The van der Waals surface area contributed by atoms with E-state index in [9.17, 15) is 0 Å². The van der Waals surface area contributed by atoms with Crippen LogP contribution in [0.15, 0.2) is 81.2 Å². The van der Waals surface area contributed by atoms with Crippen molar-refractivity contribution in [3.8, 4) is 11.1 Å². The molecule has 0 saturated heterocycles. The predicted octanol–water partition coefficient (Wildman–Crippen LogP) is 4.63. The molecule has 44 heavy (non-hydrogen) atoms. The van der Waals surface area contributed by atoms with Crippen molar-refractivity contribution in [3.63, 3.8) is 0 Å². The first-order valence-electron chi connectivity index (χ1n) is 16.1. The maximum atomic E-state index is 2.68. The first kappa shape index (κ1) is 36.9. The summed E-state index contributed by atoms with van der Waals surface area (Å²) in [6.45, 7) is 28.8. The maximum absolute atomic E-state index is 2.68. The van der Waals surface area contributed by atoms with E-state index < -0.39 is 21.3 Å². The molecule has 2 aliphatic rings. The second-order valence-electron chi connectivity index (χ2n) is 15.8. The van der Waals surface area contributed by atoms with Gasteiger partial charge in [-0.1, -0.05) is 0 Å². The zero-order chi connectivity index (χ0) is 30.8. The molecule has 0 N–H and O–H groups in total. The summed E-state index contributed by atoms with van der Waals surface area (Å²) in [5.41, 5.74) is 14.1. The molecule has 0 bridgehead atoms. The molecule has 0 radical (unpaired) electrons. The minimum Gasteiger partial charge on any atom is -1.00 e. The molecule has 5 rings (SSSR count). The van der Waals surface area contributed by atoms with Crippen LogP contribution in [0.25, 0.3) is 11.1 Å². The molecular formula is C41H52Cl2Zr. The van der Waals surface area contributed by atoms with Gasteiger partial charge in [0.25, 0.3) is 0 Å². The Kier molecular flexibility index (Phi) is 11.2. The predicted molar refractivity (Wildman–Crippen MR) is 182 cm³/mol. The smallest absolute Gasteiger partial charge is 1.00 e. The number of hydrogen-bond acceptors (Lipinski definition) is 0. The fourth-order valence-electron chi connectivity index (χ4n) is 7.09. The third kappa shape index (κ3) is 6.92. The zero-order valence-corrected chi connectivity index (χ0v) is 33.1. The topological polar surface area (TPSA) is 0 Å². The van der Waals surface area contributed by atoms with Crippen molar-refractivity contribution in [1.29, 1.82) is 0 Å². The molecule has 2 aliphatic carbocycles. The Morgan fingerprint density at radius 2 is 1.34 bits per heavy atom. The van der Waals surface area contributed by atoms with Crippen LogP contribution in [0.4, 0.5) is 0 Å². The summed E-state index contributed by atoms with van der Waals surface area (Å²) in [5, 5.41) is 0. The minimum atomic E-state index is -2.63. The molecule has 3 aromatic rings. The second-order valence-corrected chi connectivity index (χ2v) is 22.2. The normalized spacial score (nSPS) is 16.5. The van der Waals surface area contributed by atoms with Gasteiger partial charge in [-0.2, -0.15) is 0 Å². The fourth-order valence-corrected chi connectivity index (χ4v) is 15.8. The van der Waals surface area contributed by atoms with Crippen molar-refractivity contribution in [1.82, 2.24) is 0 Å². The van der Waals surface area contributed by atoms with Crippen LogP contribution < -0.4 is 28.1 Å². The fraction of sp³-hybridized carbons (Fsp3) is 0.439. The van der Waals surface area contributed by atoms with Crippen LogP contribution >= 0.6 is 0 Å². The minimum absolute atomic E-state index is 0. The van der Waals surface area contributed by atoms with E-state index in [1.807, 2.05) is 3.28 Å². The van der Waals surface area contributed by atoms with Crippen LogP contribution in [-0.2, 0) is 38.5 Å². The van der Waals surface area contributed by atoms with Crippen LogP contribution in [0.2, 0.25) is 0 Å². The van der Waals surface area contributed by atoms with Crippen molar-refractivity contribution >= 4 is 6.48 Å². The number of halogens is 2. The SMILES string of the molecule is CCC1=[C](/[Zr+2](=[C](\C)c2ccccc2)[c]2cc(C(C)(C)C)cc3c2Cc2ccc(C(C)(C)C)cc2-3)C(C)C=C1C(C)(C)C.[Cl-].[Cl-]. The number of rotatable bonds is 4. The molecule has 3 heteroatoms. The third-order valence-electron chi connectivity index (χ3n) is 9.55. The molecular weight excluding hydrogens is 655 g/mol. The Hall–Kier alpha value is -1.53. The van der Waals surface area contributed by atoms with Gasteiger partial charge in [-0.05, 0) is 0 Å². The first-order valence-corrected chi connectivity index (χ1v) is 19.7. The molecule has 0 saturated carbocycles. The molecule has 0 aromatic heterocycles. The summed E-state index contributed by atoms with van der Waals surface area (Å²) in [6.07, 6.45) is 4.81. The summed E-state index contributed by atoms with van der Waals surface area (Å²) in [6, 6.07) is 23.9. The van der Waals surface area contributed by atoms with Gasteiger partial charge in [-0.3, -0.25) is 0 Å². The van der Waals surface area contributed by atoms with E-state index in [1.165, 1.54) is 33.4 Å². The van der Waals surface area contributed by atoms with Gasteiger partial charge in [0.1, 0.15) is 0 Å². The molecule has 1 atom stereocenters. The van der Waals surface area contributed by atoms with Crippen molar-refractivity contribution in [2.24, 2.45) is 11.3 Å². The largest absolute Gasteiger partial charge is 1.00 e. The number of fused-ring (bicyclic) bond motifs is 3. The van der Waals surface area contributed by atoms with E-state index in [4.69, 9.17) is 0 Å². The molecule has 0 spiro atoms. The summed E-state index contributed by atoms with van der Waals surface area (Å²) < 4.78 is 5.19. The number of allylic oxidation sites excluding steroid dienone is 4. The molecule has 0 nitrogen and oxygen atoms in total. The third-order valence-corrected chi connectivity index (χ3v) is 17.7. The van der Waals surface area contributed by atoms with Crippen LogP contribution in [0, 0.1) is 11.3 Å². The standard InChI is InChI=1S/C21H25.C12H19.C8H8.2ClH.Zr/c1-20(2,3)16-9-7-14-11-15-8-10-17(21(4,5)6)13-19(15)18(14)12-16;1-6-10-7-9(2)8-11(10)12(3,4)5;1-2-8-6-4-3-5-7-8;;;/h7,9-10,12-13H,11H2,1-6H3;8-9H,6H2,1-5H3;3-7H,1H3;2*1H;/q;;;;;+2/p-2. The van der Waals surface area contributed by atoms with Gasteiger partial charge in [0.15, 0.2) is 0 Å². The summed E-state index contributed by atoms with van der Waals surface area (Å²) in [5.74, 6) is 0.493. The van der Waals surface area contributed by atoms with Gasteiger partial charge in [-0.15, -0.1) is 0 Å². The van der Waals surface area contributed by atoms with Crippen LogP contribution in [0.3, 0.4) is 0 Å². The quantitative estimate of drug-likeness (QED) is 0.291. The van der Waals surface area contributed by atoms with Gasteiger partial charge < -0.3 is 24.8 Å². The van der Waals surface area contributed by atoms with Crippen LogP contribution in [0.1, 0.15) is 117 Å². The average molecular weight is 707 g/mol. The van der Waals surface area contributed by atoms with Crippen LogP contribution in [0.5, 0.6) is 0 Å². The molecule has 0 amide bonds.